The molecule has 2 heterocycles. The number of anilines is 1. The van der Waals surface area contributed by atoms with Gasteiger partial charge in [0.1, 0.15) is 5.75 Å². The zero-order valence-electron chi connectivity index (χ0n) is 19.0. The third-order valence-corrected chi connectivity index (χ3v) is 6.39. The highest BCUT2D eigenvalue weighted by Crippen LogP contribution is 2.28. The first-order chi connectivity index (χ1) is 16.5. The standard InChI is InChI=1S/C24H26BrClN6O2/c1-3-30(4-2)13-14-32-21-8-6-5-7-19(21)27-24(32)28-23(33)20-11-12-31(29-20)16-34-22-10-9-17(26)15-18(22)25/h5-12,15H,3-4,13-14,16H2,1-2H3,(H,27,28,33). The number of carbonyl (C=O) groups excluding carboxylic acids is 1. The molecule has 178 valence electrons. The minimum Gasteiger partial charge on any atom is -0.470 e. The Bertz CT molecular complexity index is 1280. The van der Waals surface area contributed by atoms with E-state index >= 15 is 0 Å². The van der Waals surface area contributed by atoms with Crippen molar-refractivity contribution >= 4 is 50.4 Å². The van der Waals surface area contributed by atoms with Crippen LogP contribution in [0, 0.1) is 0 Å². The van der Waals surface area contributed by atoms with Crippen LogP contribution >= 0.6 is 27.5 Å². The Hall–Kier alpha value is -2.88. The van der Waals surface area contributed by atoms with Gasteiger partial charge in [-0.25, -0.2) is 9.67 Å². The Balaban J connectivity index is 1.47. The molecule has 0 aliphatic carbocycles. The minimum absolute atomic E-state index is 0.149. The molecule has 0 aliphatic heterocycles. The van der Waals surface area contributed by atoms with Crippen LogP contribution in [0.1, 0.15) is 24.3 Å². The van der Waals surface area contributed by atoms with Gasteiger partial charge < -0.3 is 14.2 Å². The summed E-state index contributed by atoms with van der Waals surface area (Å²) in [5, 5.41) is 7.89. The Kier molecular flexibility index (Phi) is 7.87. The topological polar surface area (TPSA) is 77.2 Å². The van der Waals surface area contributed by atoms with Gasteiger partial charge in [0, 0.05) is 24.3 Å². The number of ether oxygens (including phenoxy) is 1. The lowest BCUT2D eigenvalue weighted by atomic mass is 10.3. The summed E-state index contributed by atoms with van der Waals surface area (Å²) in [4.78, 5) is 19.9. The second-order valence-corrected chi connectivity index (χ2v) is 8.94. The molecule has 1 amide bonds. The summed E-state index contributed by atoms with van der Waals surface area (Å²) in [5.41, 5.74) is 2.10. The van der Waals surface area contributed by atoms with Gasteiger partial charge in [-0.05, 0) is 65.4 Å². The number of halogens is 2. The average Bonchev–Trinajstić information content (AvgIpc) is 3.44. The lowest BCUT2D eigenvalue weighted by Crippen LogP contribution is -2.27. The molecule has 0 bridgehead atoms. The fourth-order valence-electron chi connectivity index (χ4n) is 3.63. The number of nitrogens with one attached hydrogen (secondary N) is 1. The van der Waals surface area contributed by atoms with E-state index in [0.717, 1.165) is 41.7 Å². The maximum Gasteiger partial charge on any atom is 0.278 e. The first-order valence-electron chi connectivity index (χ1n) is 11.1. The van der Waals surface area contributed by atoms with Crippen LogP contribution < -0.4 is 10.1 Å². The Morgan fingerprint density at radius 1 is 1.18 bits per heavy atom. The highest BCUT2D eigenvalue weighted by molar-refractivity contribution is 9.10. The van der Waals surface area contributed by atoms with Gasteiger partial charge in [-0.2, -0.15) is 5.10 Å². The fourth-order valence-corrected chi connectivity index (χ4v) is 4.42. The number of hydrogen-bond donors (Lipinski definition) is 1. The summed E-state index contributed by atoms with van der Waals surface area (Å²) in [6, 6.07) is 14.8. The molecule has 10 heteroatoms. The summed E-state index contributed by atoms with van der Waals surface area (Å²) in [6.07, 6.45) is 1.70. The van der Waals surface area contributed by atoms with Crippen LogP contribution in [0.2, 0.25) is 5.02 Å². The van der Waals surface area contributed by atoms with Crippen molar-refractivity contribution in [3.05, 3.63) is 69.9 Å². The third kappa shape index (κ3) is 5.60. The molecule has 34 heavy (non-hydrogen) atoms. The molecular formula is C24H26BrClN6O2. The van der Waals surface area contributed by atoms with Crippen molar-refractivity contribution in [3.8, 4) is 5.75 Å². The Morgan fingerprint density at radius 3 is 2.74 bits per heavy atom. The molecule has 8 nitrogen and oxygen atoms in total. The predicted octanol–water partition coefficient (Wildman–Crippen LogP) is 5.28. The van der Waals surface area contributed by atoms with Crippen molar-refractivity contribution in [2.45, 2.75) is 27.1 Å². The first kappa shape index (κ1) is 24.3. The first-order valence-corrected chi connectivity index (χ1v) is 12.3. The number of nitrogens with zero attached hydrogens (tertiary/aromatic N) is 5. The number of imidazole rings is 1. The number of carbonyl (C=O) groups is 1. The third-order valence-electron chi connectivity index (χ3n) is 5.53. The molecule has 4 aromatic rings. The maximum atomic E-state index is 13.0. The van der Waals surface area contributed by atoms with Gasteiger partial charge in [-0.3, -0.25) is 10.1 Å². The predicted molar refractivity (Wildman–Crippen MR) is 137 cm³/mol. The van der Waals surface area contributed by atoms with E-state index in [9.17, 15) is 4.79 Å². The van der Waals surface area contributed by atoms with Crippen LogP contribution in [0.4, 0.5) is 5.95 Å². The molecule has 1 N–H and O–H groups in total. The molecule has 4 rings (SSSR count). The molecule has 0 atom stereocenters. The summed E-state index contributed by atoms with van der Waals surface area (Å²) >= 11 is 9.39. The van der Waals surface area contributed by atoms with E-state index in [1.807, 2.05) is 28.8 Å². The van der Waals surface area contributed by atoms with E-state index in [1.165, 1.54) is 0 Å². The van der Waals surface area contributed by atoms with E-state index in [2.05, 4.69) is 50.1 Å². The van der Waals surface area contributed by atoms with Gasteiger partial charge in [0.25, 0.3) is 5.91 Å². The highest BCUT2D eigenvalue weighted by Gasteiger charge is 2.17. The molecule has 2 aromatic carbocycles. The van der Waals surface area contributed by atoms with Crippen molar-refractivity contribution in [2.75, 3.05) is 25.0 Å². The molecule has 0 saturated carbocycles. The number of likely N-dealkylation sites (N-methyl/N-ethyl adjacent to an activating group) is 1. The van der Waals surface area contributed by atoms with Gasteiger partial charge in [0.05, 0.1) is 15.5 Å². The summed E-state index contributed by atoms with van der Waals surface area (Å²) in [5.74, 6) is 0.813. The molecule has 0 spiro atoms. The van der Waals surface area contributed by atoms with Crippen molar-refractivity contribution < 1.29 is 9.53 Å². The quantitative estimate of drug-likeness (QED) is 0.293. The molecule has 0 unspecified atom stereocenters. The van der Waals surface area contributed by atoms with Crippen LogP contribution in [-0.4, -0.2) is 49.8 Å². The van der Waals surface area contributed by atoms with Gasteiger partial charge in [0.15, 0.2) is 12.4 Å². The average molecular weight is 546 g/mol. The molecule has 2 aromatic heterocycles. The van der Waals surface area contributed by atoms with Crippen LogP contribution in [0.25, 0.3) is 11.0 Å². The van der Waals surface area contributed by atoms with Crippen LogP contribution in [-0.2, 0) is 13.3 Å². The summed E-state index contributed by atoms with van der Waals surface area (Å²) in [7, 11) is 0. The Morgan fingerprint density at radius 2 is 1.97 bits per heavy atom. The van der Waals surface area contributed by atoms with Gasteiger partial charge in [0.2, 0.25) is 5.95 Å². The van der Waals surface area contributed by atoms with Gasteiger partial charge in [-0.1, -0.05) is 37.6 Å². The van der Waals surface area contributed by atoms with Crippen molar-refractivity contribution in [3.63, 3.8) is 0 Å². The number of rotatable bonds is 10. The van der Waals surface area contributed by atoms with Gasteiger partial charge >= 0.3 is 0 Å². The normalized spacial score (nSPS) is 11.3. The molecule has 0 radical (unpaired) electrons. The largest absolute Gasteiger partial charge is 0.470 e. The van der Waals surface area contributed by atoms with E-state index in [4.69, 9.17) is 16.3 Å². The number of hydrogen-bond acceptors (Lipinski definition) is 5. The molecule has 0 saturated heterocycles. The van der Waals surface area contributed by atoms with Crippen LogP contribution in [0.5, 0.6) is 5.75 Å². The fraction of sp³-hybridized carbons (Fsp3) is 0.292. The maximum absolute atomic E-state index is 13.0. The lowest BCUT2D eigenvalue weighted by molar-refractivity contribution is 0.101. The number of benzene rings is 2. The van der Waals surface area contributed by atoms with Crippen molar-refractivity contribution in [1.82, 2.24) is 24.2 Å². The molecule has 0 aliphatic rings. The Labute approximate surface area is 211 Å². The number of amides is 1. The van der Waals surface area contributed by atoms with Crippen LogP contribution in [0.15, 0.2) is 59.2 Å². The van der Waals surface area contributed by atoms with E-state index in [1.54, 1.807) is 35.1 Å². The van der Waals surface area contributed by atoms with Gasteiger partial charge in [-0.15, -0.1) is 0 Å². The SMILES string of the molecule is CCN(CC)CCn1c(NC(=O)c2ccn(COc3ccc(Cl)cc3Br)n2)nc2ccccc21. The van der Waals surface area contributed by atoms with Crippen molar-refractivity contribution in [1.29, 1.82) is 0 Å². The number of fused-ring (bicyclic) bond motifs is 1. The number of aromatic nitrogens is 4. The minimum atomic E-state index is -0.328. The second kappa shape index (κ2) is 11.0. The molecular weight excluding hydrogens is 520 g/mol. The zero-order valence-corrected chi connectivity index (χ0v) is 21.4. The second-order valence-electron chi connectivity index (χ2n) is 7.65. The molecule has 0 fully saturated rings. The number of para-hydroxylation sites is 2. The summed E-state index contributed by atoms with van der Waals surface area (Å²) in [6.45, 7) is 7.95. The van der Waals surface area contributed by atoms with Crippen molar-refractivity contribution in [2.24, 2.45) is 0 Å². The zero-order chi connectivity index (χ0) is 24.1. The highest BCUT2D eigenvalue weighted by atomic mass is 79.9. The van der Waals surface area contributed by atoms with E-state index in [0.29, 0.717) is 16.7 Å². The lowest BCUT2D eigenvalue weighted by Gasteiger charge is -2.19. The van der Waals surface area contributed by atoms with Crippen LogP contribution in [0.3, 0.4) is 0 Å². The monoisotopic (exact) mass is 544 g/mol. The summed E-state index contributed by atoms with van der Waals surface area (Å²) < 4.78 is 10.1. The van der Waals surface area contributed by atoms with E-state index in [-0.39, 0.29) is 18.3 Å². The smallest absolute Gasteiger partial charge is 0.278 e. The van der Waals surface area contributed by atoms with E-state index < -0.39 is 0 Å².